The highest BCUT2D eigenvalue weighted by atomic mass is 19.3. The van der Waals surface area contributed by atoms with Gasteiger partial charge in [-0.1, -0.05) is 0 Å². The lowest BCUT2D eigenvalue weighted by molar-refractivity contribution is 0.138. The highest BCUT2D eigenvalue weighted by Crippen LogP contribution is 2.22. The number of hydrogen-bond donors (Lipinski definition) is 1. The lowest BCUT2D eigenvalue weighted by Gasteiger charge is -2.04. The molecule has 1 aromatic heterocycles. The summed E-state index contributed by atoms with van der Waals surface area (Å²) in [5.74, 6) is -2.60. The maximum Gasteiger partial charge on any atom is 0.283 e. The fourth-order valence-electron chi connectivity index (χ4n) is 0.828. The smallest absolute Gasteiger partial charge is 0.283 e. The van der Waals surface area contributed by atoms with E-state index in [4.69, 9.17) is 5.11 Å². The third-order valence-corrected chi connectivity index (χ3v) is 1.40. The van der Waals surface area contributed by atoms with Gasteiger partial charge in [-0.2, -0.15) is 4.39 Å². The molecular formula is C7H5F4NO. The number of rotatable bonds is 2. The van der Waals surface area contributed by atoms with Crippen molar-refractivity contribution in [1.29, 1.82) is 0 Å². The van der Waals surface area contributed by atoms with Crippen LogP contribution < -0.4 is 0 Å². The summed E-state index contributed by atoms with van der Waals surface area (Å²) in [5.41, 5.74) is -1.80. The normalized spacial score (nSPS) is 10.9. The standard InChI is InChI=1S/C7H5F4NO/c8-4-1-3(2-13)5(9)6(12-4)7(10)11/h1,7,13H,2H2. The first-order chi connectivity index (χ1) is 6.06. The van der Waals surface area contributed by atoms with Crippen molar-refractivity contribution in [3.63, 3.8) is 0 Å². The summed E-state index contributed by atoms with van der Waals surface area (Å²) in [6.07, 6.45) is -3.19. The molecule has 0 spiro atoms. The topological polar surface area (TPSA) is 33.1 Å². The summed E-state index contributed by atoms with van der Waals surface area (Å²) in [4.78, 5) is 2.68. The van der Waals surface area contributed by atoms with Crippen LogP contribution in [0.4, 0.5) is 17.6 Å². The molecule has 1 aromatic rings. The lowest BCUT2D eigenvalue weighted by atomic mass is 10.2. The number of pyridine rings is 1. The maximum absolute atomic E-state index is 12.8. The maximum atomic E-state index is 12.8. The van der Waals surface area contributed by atoms with Crippen molar-refractivity contribution in [2.45, 2.75) is 13.0 Å². The molecule has 72 valence electrons. The van der Waals surface area contributed by atoms with E-state index in [1.807, 2.05) is 0 Å². The fourth-order valence-corrected chi connectivity index (χ4v) is 0.828. The van der Waals surface area contributed by atoms with Gasteiger partial charge in [0.2, 0.25) is 5.95 Å². The van der Waals surface area contributed by atoms with Crippen LogP contribution in [-0.2, 0) is 6.61 Å². The van der Waals surface area contributed by atoms with Gasteiger partial charge in [0, 0.05) is 11.6 Å². The van der Waals surface area contributed by atoms with Crippen molar-refractivity contribution in [2.75, 3.05) is 0 Å². The van der Waals surface area contributed by atoms with E-state index in [9.17, 15) is 17.6 Å². The molecule has 0 fully saturated rings. The van der Waals surface area contributed by atoms with Gasteiger partial charge in [0.05, 0.1) is 6.61 Å². The molecule has 1 rings (SSSR count). The third-order valence-electron chi connectivity index (χ3n) is 1.40. The van der Waals surface area contributed by atoms with Gasteiger partial charge >= 0.3 is 0 Å². The molecule has 0 unspecified atom stereocenters. The van der Waals surface area contributed by atoms with Crippen LogP contribution in [0, 0.1) is 11.8 Å². The van der Waals surface area contributed by atoms with Crippen LogP contribution in [0.3, 0.4) is 0 Å². The second kappa shape index (κ2) is 3.69. The highest BCUT2D eigenvalue weighted by Gasteiger charge is 2.19. The number of aromatic nitrogens is 1. The molecule has 0 bridgehead atoms. The molecule has 0 aromatic carbocycles. The van der Waals surface area contributed by atoms with Crippen molar-refractivity contribution in [1.82, 2.24) is 4.98 Å². The van der Waals surface area contributed by atoms with Gasteiger partial charge < -0.3 is 5.11 Å². The Labute approximate surface area is 70.8 Å². The Morgan fingerprint density at radius 2 is 2.00 bits per heavy atom. The molecule has 0 saturated carbocycles. The Kier molecular flexibility index (Phi) is 2.82. The number of aliphatic hydroxyl groups excluding tert-OH is 1. The molecule has 0 amide bonds. The average Bonchev–Trinajstić information content (AvgIpc) is 2.08. The summed E-state index contributed by atoms with van der Waals surface area (Å²) >= 11 is 0. The van der Waals surface area contributed by atoms with Crippen LogP contribution in [0.15, 0.2) is 6.07 Å². The molecular weight excluding hydrogens is 190 g/mol. The minimum atomic E-state index is -3.19. The van der Waals surface area contributed by atoms with Gasteiger partial charge in [-0.15, -0.1) is 0 Å². The van der Waals surface area contributed by atoms with Crippen molar-refractivity contribution in [2.24, 2.45) is 0 Å². The molecule has 0 aliphatic heterocycles. The first kappa shape index (κ1) is 9.91. The molecule has 0 aliphatic rings. The van der Waals surface area contributed by atoms with Crippen molar-refractivity contribution in [3.05, 3.63) is 29.1 Å². The number of hydrogen-bond acceptors (Lipinski definition) is 2. The van der Waals surface area contributed by atoms with Crippen molar-refractivity contribution in [3.8, 4) is 0 Å². The van der Waals surface area contributed by atoms with Gasteiger partial charge in [0.15, 0.2) is 5.82 Å². The Morgan fingerprint density at radius 1 is 1.38 bits per heavy atom. The summed E-state index contributed by atoms with van der Waals surface area (Å²) in [6.45, 7) is -0.842. The molecule has 1 heterocycles. The van der Waals surface area contributed by atoms with Crippen LogP contribution in [-0.4, -0.2) is 10.1 Å². The minimum Gasteiger partial charge on any atom is -0.392 e. The molecule has 2 nitrogen and oxygen atoms in total. The SMILES string of the molecule is OCc1cc(F)nc(C(F)F)c1F. The zero-order chi connectivity index (χ0) is 10.0. The largest absolute Gasteiger partial charge is 0.392 e. The summed E-state index contributed by atoms with van der Waals surface area (Å²) < 4.78 is 49.2. The van der Waals surface area contributed by atoms with Crippen LogP contribution in [0.2, 0.25) is 0 Å². The molecule has 6 heteroatoms. The van der Waals surface area contributed by atoms with Crippen LogP contribution in [0.5, 0.6) is 0 Å². The minimum absolute atomic E-state index is 0.525. The van der Waals surface area contributed by atoms with Gasteiger partial charge in [-0.25, -0.2) is 18.2 Å². The van der Waals surface area contributed by atoms with Crippen LogP contribution in [0.1, 0.15) is 17.7 Å². The predicted molar refractivity (Wildman–Crippen MR) is 35.0 cm³/mol. The molecule has 0 atom stereocenters. The third kappa shape index (κ3) is 1.95. The van der Waals surface area contributed by atoms with E-state index in [1.54, 1.807) is 0 Å². The van der Waals surface area contributed by atoms with E-state index >= 15 is 0 Å². The first-order valence-corrected chi connectivity index (χ1v) is 3.30. The first-order valence-electron chi connectivity index (χ1n) is 3.30. The molecule has 0 aliphatic carbocycles. The molecule has 13 heavy (non-hydrogen) atoms. The van der Waals surface area contributed by atoms with Gasteiger partial charge in [0.1, 0.15) is 5.69 Å². The zero-order valence-electron chi connectivity index (χ0n) is 6.27. The van der Waals surface area contributed by atoms with E-state index in [0.29, 0.717) is 6.07 Å². The van der Waals surface area contributed by atoms with Crippen molar-refractivity contribution < 1.29 is 22.7 Å². The Balaban J connectivity index is 3.27. The number of aliphatic hydroxyl groups is 1. The van der Waals surface area contributed by atoms with Gasteiger partial charge in [0.25, 0.3) is 6.43 Å². The summed E-state index contributed by atoms with van der Waals surface area (Å²) in [7, 11) is 0. The van der Waals surface area contributed by atoms with E-state index in [-0.39, 0.29) is 0 Å². The van der Waals surface area contributed by atoms with Crippen molar-refractivity contribution >= 4 is 0 Å². The summed E-state index contributed by atoms with van der Waals surface area (Å²) in [5, 5.41) is 8.47. The number of nitrogens with zero attached hydrogens (tertiary/aromatic N) is 1. The highest BCUT2D eigenvalue weighted by molar-refractivity contribution is 5.20. The quantitative estimate of drug-likeness (QED) is 0.576. The lowest BCUT2D eigenvalue weighted by Crippen LogP contribution is -2.03. The van der Waals surface area contributed by atoms with E-state index in [2.05, 4.69) is 4.98 Å². The Hall–Kier alpha value is -1.17. The average molecular weight is 195 g/mol. The zero-order valence-corrected chi connectivity index (χ0v) is 6.27. The van der Waals surface area contributed by atoms with E-state index in [0.717, 1.165) is 0 Å². The molecule has 0 radical (unpaired) electrons. The predicted octanol–water partition coefficient (Wildman–Crippen LogP) is 1.79. The monoisotopic (exact) mass is 195 g/mol. The molecule has 1 N–H and O–H groups in total. The van der Waals surface area contributed by atoms with Gasteiger partial charge in [-0.05, 0) is 0 Å². The van der Waals surface area contributed by atoms with Gasteiger partial charge in [-0.3, -0.25) is 0 Å². The number of alkyl halides is 2. The fraction of sp³-hybridized carbons (Fsp3) is 0.286. The molecule has 0 saturated heterocycles. The number of halogens is 4. The second-order valence-corrected chi connectivity index (χ2v) is 2.26. The second-order valence-electron chi connectivity index (χ2n) is 2.26. The Morgan fingerprint density at radius 3 is 2.46 bits per heavy atom. The van der Waals surface area contributed by atoms with Crippen LogP contribution in [0.25, 0.3) is 0 Å². The summed E-state index contributed by atoms with van der Waals surface area (Å²) in [6, 6.07) is 0.571. The van der Waals surface area contributed by atoms with Crippen LogP contribution >= 0.6 is 0 Å². The van der Waals surface area contributed by atoms with E-state index in [1.165, 1.54) is 0 Å². The Bertz CT molecular complexity index is 316. The van der Waals surface area contributed by atoms with E-state index < -0.39 is 36.1 Å².